The number of amides is 1. The van der Waals surface area contributed by atoms with E-state index in [2.05, 4.69) is 63.4 Å². The number of carbonyl (C=O) groups is 1. The van der Waals surface area contributed by atoms with E-state index in [-0.39, 0.29) is 11.8 Å². The van der Waals surface area contributed by atoms with Gasteiger partial charge in [-0.2, -0.15) is 0 Å². The molecule has 5 rings (SSSR count). The van der Waals surface area contributed by atoms with Gasteiger partial charge in [0.25, 0.3) is 0 Å². The quantitative estimate of drug-likeness (QED) is 0.637. The van der Waals surface area contributed by atoms with Crippen molar-refractivity contribution in [2.75, 3.05) is 49.2 Å². The largest absolute Gasteiger partial charge is 0.378 e. The standard InChI is InChI=1S/C25H30N4O2S/c1-18-15-22-23(32-18)8-9-26-24(22)29-10-2-3-20(17-29)25(30)27-16-19-4-6-21(7-5-19)28-11-13-31-14-12-28/h4-9,15,20H,2-3,10-14,16-17H2,1H3,(H,27,30)/t20-/m0/s1. The Labute approximate surface area is 193 Å². The van der Waals surface area contributed by atoms with Gasteiger partial charge in [0, 0.05) is 59.6 Å². The Balaban J connectivity index is 1.19. The summed E-state index contributed by atoms with van der Waals surface area (Å²) in [7, 11) is 0. The summed E-state index contributed by atoms with van der Waals surface area (Å²) in [6, 6.07) is 12.8. The van der Waals surface area contributed by atoms with Gasteiger partial charge in [-0.15, -0.1) is 11.3 Å². The topological polar surface area (TPSA) is 57.7 Å². The van der Waals surface area contributed by atoms with Gasteiger partial charge in [0.15, 0.2) is 0 Å². The van der Waals surface area contributed by atoms with E-state index >= 15 is 0 Å². The van der Waals surface area contributed by atoms with Crippen LogP contribution in [0.25, 0.3) is 10.1 Å². The third-order valence-electron chi connectivity index (χ3n) is 6.42. The summed E-state index contributed by atoms with van der Waals surface area (Å²) in [6.45, 7) is 7.81. The molecule has 0 aliphatic carbocycles. The number of aryl methyl sites for hydroxylation is 1. The molecule has 4 heterocycles. The summed E-state index contributed by atoms with van der Waals surface area (Å²) in [5.41, 5.74) is 2.35. The second kappa shape index (κ2) is 9.46. The van der Waals surface area contributed by atoms with Crippen molar-refractivity contribution in [1.29, 1.82) is 0 Å². The van der Waals surface area contributed by atoms with Gasteiger partial charge < -0.3 is 19.9 Å². The van der Waals surface area contributed by atoms with Gasteiger partial charge in [0.05, 0.1) is 19.1 Å². The molecule has 2 aliphatic heterocycles. The molecule has 0 spiro atoms. The number of nitrogens with zero attached hydrogens (tertiary/aromatic N) is 3. The normalized spacial score (nSPS) is 19.3. The molecule has 2 aliphatic rings. The maximum atomic E-state index is 13.0. The van der Waals surface area contributed by atoms with E-state index < -0.39 is 0 Å². The average molecular weight is 451 g/mol. The number of hydrogen-bond acceptors (Lipinski definition) is 6. The van der Waals surface area contributed by atoms with Crippen LogP contribution in [-0.2, 0) is 16.1 Å². The third kappa shape index (κ3) is 4.59. The van der Waals surface area contributed by atoms with Crippen molar-refractivity contribution in [3.8, 4) is 0 Å². The number of fused-ring (bicyclic) bond motifs is 1. The summed E-state index contributed by atoms with van der Waals surface area (Å²) in [5.74, 6) is 1.15. The second-order valence-corrected chi connectivity index (χ2v) is 9.96. The Bertz CT molecular complexity index is 1080. The van der Waals surface area contributed by atoms with Crippen molar-refractivity contribution < 1.29 is 9.53 Å². The Morgan fingerprint density at radius 3 is 2.78 bits per heavy atom. The minimum absolute atomic E-state index is 0.00633. The number of benzene rings is 1. The highest BCUT2D eigenvalue weighted by atomic mass is 32.1. The first-order valence-electron chi connectivity index (χ1n) is 11.5. The van der Waals surface area contributed by atoms with Crippen LogP contribution in [0.3, 0.4) is 0 Å². The molecule has 1 amide bonds. The molecule has 1 N–H and O–H groups in total. The van der Waals surface area contributed by atoms with E-state index in [1.807, 2.05) is 6.20 Å². The fraction of sp³-hybridized carbons (Fsp3) is 0.440. The predicted octanol–water partition coefficient (Wildman–Crippen LogP) is 3.97. The average Bonchev–Trinajstić information content (AvgIpc) is 3.24. The maximum absolute atomic E-state index is 13.0. The number of morpholine rings is 1. The highest BCUT2D eigenvalue weighted by Crippen LogP contribution is 2.33. The number of aromatic nitrogens is 1. The van der Waals surface area contributed by atoms with E-state index in [0.717, 1.165) is 63.6 Å². The van der Waals surface area contributed by atoms with Gasteiger partial charge >= 0.3 is 0 Å². The molecule has 0 unspecified atom stereocenters. The van der Waals surface area contributed by atoms with Gasteiger partial charge in [0.2, 0.25) is 5.91 Å². The number of thiophene rings is 1. The number of hydrogen-bond donors (Lipinski definition) is 1. The van der Waals surface area contributed by atoms with Crippen LogP contribution < -0.4 is 15.1 Å². The number of ether oxygens (including phenoxy) is 1. The van der Waals surface area contributed by atoms with E-state index in [1.54, 1.807) is 11.3 Å². The number of anilines is 2. The minimum atomic E-state index is -0.00633. The second-order valence-electron chi connectivity index (χ2n) is 8.67. The summed E-state index contributed by atoms with van der Waals surface area (Å²) in [6.07, 6.45) is 3.82. The zero-order valence-electron chi connectivity index (χ0n) is 18.5. The first-order chi connectivity index (χ1) is 15.7. The monoisotopic (exact) mass is 450 g/mol. The zero-order valence-corrected chi connectivity index (χ0v) is 19.4. The van der Waals surface area contributed by atoms with Crippen LogP contribution in [0.15, 0.2) is 42.6 Å². The third-order valence-corrected chi connectivity index (χ3v) is 7.43. The molecule has 0 radical (unpaired) electrons. The molecule has 168 valence electrons. The van der Waals surface area contributed by atoms with Crippen molar-refractivity contribution in [1.82, 2.24) is 10.3 Å². The van der Waals surface area contributed by atoms with Crippen molar-refractivity contribution in [3.63, 3.8) is 0 Å². The molecule has 0 bridgehead atoms. The first-order valence-corrected chi connectivity index (χ1v) is 12.3. The van der Waals surface area contributed by atoms with Crippen molar-refractivity contribution in [2.45, 2.75) is 26.3 Å². The van der Waals surface area contributed by atoms with E-state index in [4.69, 9.17) is 4.74 Å². The van der Waals surface area contributed by atoms with E-state index in [9.17, 15) is 4.79 Å². The van der Waals surface area contributed by atoms with Crippen LogP contribution in [0.4, 0.5) is 11.5 Å². The molecule has 2 aromatic heterocycles. The van der Waals surface area contributed by atoms with Crippen LogP contribution in [0, 0.1) is 12.8 Å². The number of rotatable bonds is 5. The number of nitrogens with one attached hydrogen (secondary N) is 1. The lowest BCUT2D eigenvalue weighted by atomic mass is 9.96. The lowest BCUT2D eigenvalue weighted by Gasteiger charge is -2.33. The fourth-order valence-electron chi connectivity index (χ4n) is 4.69. The molecule has 1 aromatic carbocycles. The van der Waals surface area contributed by atoms with Crippen molar-refractivity contribution in [2.24, 2.45) is 5.92 Å². The lowest BCUT2D eigenvalue weighted by Crippen LogP contribution is -2.43. The van der Waals surface area contributed by atoms with Gasteiger partial charge in [-0.3, -0.25) is 4.79 Å². The van der Waals surface area contributed by atoms with Crippen LogP contribution in [0.5, 0.6) is 0 Å². The molecule has 2 fully saturated rings. The summed E-state index contributed by atoms with van der Waals surface area (Å²) >= 11 is 1.80. The smallest absolute Gasteiger partial charge is 0.225 e. The summed E-state index contributed by atoms with van der Waals surface area (Å²) in [4.78, 5) is 23.5. The van der Waals surface area contributed by atoms with Crippen LogP contribution in [0.1, 0.15) is 23.3 Å². The Hall–Kier alpha value is -2.64. The van der Waals surface area contributed by atoms with Gasteiger partial charge in [-0.05, 0) is 49.6 Å². The zero-order chi connectivity index (χ0) is 21.9. The van der Waals surface area contributed by atoms with Crippen molar-refractivity contribution in [3.05, 3.63) is 53.0 Å². The summed E-state index contributed by atoms with van der Waals surface area (Å²) in [5, 5.41) is 4.37. The van der Waals surface area contributed by atoms with Crippen LogP contribution in [-0.4, -0.2) is 50.3 Å². The number of pyridine rings is 1. The Kier molecular flexibility index (Phi) is 6.28. The van der Waals surface area contributed by atoms with E-state index in [0.29, 0.717) is 6.54 Å². The molecule has 2 saturated heterocycles. The highest BCUT2D eigenvalue weighted by Gasteiger charge is 2.27. The predicted molar refractivity (Wildman–Crippen MR) is 131 cm³/mol. The molecule has 6 nitrogen and oxygen atoms in total. The first kappa shape index (κ1) is 21.2. The van der Waals surface area contributed by atoms with Crippen LogP contribution >= 0.6 is 11.3 Å². The minimum Gasteiger partial charge on any atom is -0.378 e. The molecule has 3 aromatic rings. The molecule has 7 heteroatoms. The molecule has 32 heavy (non-hydrogen) atoms. The highest BCUT2D eigenvalue weighted by molar-refractivity contribution is 7.19. The summed E-state index contributed by atoms with van der Waals surface area (Å²) < 4.78 is 6.69. The molecule has 1 atom stereocenters. The molecular formula is C25H30N4O2S. The number of carbonyl (C=O) groups excluding carboxylic acids is 1. The van der Waals surface area contributed by atoms with Crippen molar-refractivity contribution >= 4 is 38.8 Å². The van der Waals surface area contributed by atoms with Gasteiger partial charge in [-0.25, -0.2) is 4.98 Å². The Morgan fingerprint density at radius 2 is 1.97 bits per heavy atom. The maximum Gasteiger partial charge on any atom is 0.225 e. The number of piperidine rings is 1. The van der Waals surface area contributed by atoms with E-state index in [1.165, 1.54) is 20.7 Å². The van der Waals surface area contributed by atoms with Crippen LogP contribution in [0.2, 0.25) is 0 Å². The SMILES string of the molecule is Cc1cc2c(N3CCC[C@H](C(=O)NCc4ccc(N5CCOCC5)cc4)C3)nccc2s1. The lowest BCUT2D eigenvalue weighted by molar-refractivity contribution is -0.125. The molecular weight excluding hydrogens is 420 g/mol. The van der Waals surface area contributed by atoms with Gasteiger partial charge in [-0.1, -0.05) is 12.1 Å². The Morgan fingerprint density at radius 1 is 1.16 bits per heavy atom. The molecule has 0 saturated carbocycles. The van der Waals surface area contributed by atoms with Gasteiger partial charge in [0.1, 0.15) is 5.82 Å². The fourth-order valence-corrected chi connectivity index (χ4v) is 5.60.